The Hall–Kier alpha value is -1.81. The fourth-order valence-electron chi connectivity index (χ4n) is 2.39. The van der Waals surface area contributed by atoms with Crippen LogP contribution in [0.2, 0.25) is 0 Å². The van der Waals surface area contributed by atoms with Crippen molar-refractivity contribution >= 4 is 5.97 Å². The van der Waals surface area contributed by atoms with Gasteiger partial charge in [-0.1, -0.05) is 24.3 Å². The van der Waals surface area contributed by atoms with Crippen molar-refractivity contribution < 1.29 is 14.4 Å². The number of hydrogen-bond acceptors (Lipinski definition) is 4. The molecule has 4 nitrogen and oxygen atoms in total. The lowest BCUT2D eigenvalue weighted by atomic mass is 10.1. The van der Waals surface area contributed by atoms with Gasteiger partial charge in [-0.05, 0) is 36.5 Å². The quantitative estimate of drug-likeness (QED) is 0.810. The highest BCUT2D eigenvalue weighted by molar-refractivity contribution is 5.87. The summed E-state index contributed by atoms with van der Waals surface area (Å²) in [5.41, 5.74) is 5.41. The number of fused-ring (bicyclic) bond motifs is 1. The average molecular weight is 245 g/mol. The minimum Gasteiger partial charge on any atom is -0.453 e. The van der Waals surface area contributed by atoms with Crippen LogP contribution in [0.5, 0.6) is 0 Å². The van der Waals surface area contributed by atoms with Crippen LogP contribution in [0.4, 0.5) is 0 Å². The second-order valence-corrected chi connectivity index (χ2v) is 4.49. The molecule has 1 aliphatic carbocycles. The molecule has 0 bridgehead atoms. The molecule has 18 heavy (non-hydrogen) atoms. The Morgan fingerprint density at radius 3 is 3.11 bits per heavy atom. The summed E-state index contributed by atoms with van der Waals surface area (Å²) in [5, 5.41) is 0. The lowest BCUT2D eigenvalue weighted by Crippen LogP contribution is -2.27. The molecule has 4 heteroatoms. The molecular weight excluding hydrogens is 230 g/mol. The van der Waals surface area contributed by atoms with Gasteiger partial charge in [-0.3, -0.25) is 10.3 Å². The normalized spacial score (nSPS) is 21.8. The highest BCUT2D eigenvalue weighted by atomic mass is 16.6. The first-order valence-corrected chi connectivity index (χ1v) is 6.21. The number of benzene rings is 1. The number of nitrogens with one attached hydrogen (secondary N) is 1. The molecular formula is C14H15NO3. The molecule has 1 heterocycles. The third kappa shape index (κ3) is 2.11. The van der Waals surface area contributed by atoms with Crippen molar-refractivity contribution in [2.75, 3.05) is 6.61 Å². The van der Waals surface area contributed by atoms with E-state index in [1.165, 1.54) is 5.56 Å². The van der Waals surface area contributed by atoms with Crippen LogP contribution >= 0.6 is 0 Å². The van der Waals surface area contributed by atoms with Crippen molar-refractivity contribution in [3.05, 3.63) is 47.2 Å². The number of esters is 1. The van der Waals surface area contributed by atoms with E-state index in [1.54, 1.807) is 0 Å². The molecule has 1 N–H and O–H groups in total. The van der Waals surface area contributed by atoms with Crippen molar-refractivity contribution in [2.24, 2.45) is 0 Å². The predicted octanol–water partition coefficient (Wildman–Crippen LogP) is 2.03. The monoisotopic (exact) mass is 245 g/mol. The van der Waals surface area contributed by atoms with Gasteiger partial charge >= 0.3 is 5.97 Å². The molecule has 1 aromatic carbocycles. The smallest absolute Gasteiger partial charge is 0.356 e. The van der Waals surface area contributed by atoms with Crippen LogP contribution in [0.1, 0.15) is 30.1 Å². The first-order valence-electron chi connectivity index (χ1n) is 6.21. The van der Waals surface area contributed by atoms with Gasteiger partial charge in [-0.25, -0.2) is 4.79 Å². The van der Waals surface area contributed by atoms with Crippen molar-refractivity contribution in [3.63, 3.8) is 0 Å². The summed E-state index contributed by atoms with van der Waals surface area (Å²) in [5.74, 6) is -0.337. The molecule has 0 radical (unpaired) electrons. The van der Waals surface area contributed by atoms with Crippen LogP contribution in [0.15, 0.2) is 36.0 Å². The maximum absolute atomic E-state index is 11.9. The second kappa shape index (κ2) is 4.82. The largest absolute Gasteiger partial charge is 0.453 e. The Bertz CT molecular complexity index is 496. The standard InChI is InChI=1S/C14H15NO3/c16-14(12-6-3-9-17-15-12)18-13-8-7-10-4-1-2-5-11(10)13/h1-2,4-6,13,15H,3,7-9H2. The summed E-state index contributed by atoms with van der Waals surface area (Å²) < 4.78 is 5.53. The Labute approximate surface area is 106 Å². The zero-order chi connectivity index (χ0) is 12.4. The highest BCUT2D eigenvalue weighted by Gasteiger charge is 2.26. The zero-order valence-electron chi connectivity index (χ0n) is 10.0. The van der Waals surface area contributed by atoms with Crippen LogP contribution < -0.4 is 5.48 Å². The molecule has 0 saturated heterocycles. The molecule has 0 fully saturated rings. The Balaban J connectivity index is 1.71. The van der Waals surface area contributed by atoms with Gasteiger partial charge < -0.3 is 4.74 Å². The van der Waals surface area contributed by atoms with E-state index in [9.17, 15) is 4.79 Å². The molecule has 1 aliphatic heterocycles. The van der Waals surface area contributed by atoms with E-state index in [0.717, 1.165) is 24.8 Å². The second-order valence-electron chi connectivity index (χ2n) is 4.49. The summed E-state index contributed by atoms with van der Waals surface area (Å²) >= 11 is 0. The highest BCUT2D eigenvalue weighted by Crippen LogP contribution is 2.34. The summed E-state index contributed by atoms with van der Waals surface area (Å²) in [4.78, 5) is 16.9. The Kier molecular flexibility index (Phi) is 3.02. The number of hydroxylamine groups is 1. The van der Waals surface area contributed by atoms with Gasteiger partial charge in [0, 0.05) is 0 Å². The predicted molar refractivity (Wildman–Crippen MR) is 65.4 cm³/mol. The summed E-state index contributed by atoms with van der Waals surface area (Å²) in [7, 11) is 0. The number of hydrogen-bond donors (Lipinski definition) is 1. The van der Waals surface area contributed by atoms with Crippen molar-refractivity contribution in [1.82, 2.24) is 5.48 Å². The third-order valence-electron chi connectivity index (χ3n) is 3.30. The van der Waals surface area contributed by atoms with Gasteiger partial charge in [0.1, 0.15) is 11.8 Å². The lowest BCUT2D eigenvalue weighted by Gasteiger charge is -2.18. The van der Waals surface area contributed by atoms with Crippen LogP contribution in [-0.2, 0) is 20.8 Å². The molecule has 2 aliphatic rings. The summed E-state index contributed by atoms with van der Waals surface area (Å²) in [6, 6.07) is 8.11. The van der Waals surface area contributed by atoms with Gasteiger partial charge in [0.15, 0.2) is 0 Å². The molecule has 0 saturated carbocycles. The topological polar surface area (TPSA) is 47.6 Å². The number of aryl methyl sites for hydroxylation is 1. The minimum absolute atomic E-state index is 0.127. The van der Waals surface area contributed by atoms with E-state index in [4.69, 9.17) is 9.57 Å². The van der Waals surface area contributed by atoms with Crippen LogP contribution in [-0.4, -0.2) is 12.6 Å². The van der Waals surface area contributed by atoms with E-state index >= 15 is 0 Å². The maximum atomic E-state index is 11.9. The summed E-state index contributed by atoms with van der Waals surface area (Å²) in [6.45, 7) is 0.586. The van der Waals surface area contributed by atoms with Crippen molar-refractivity contribution in [1.29, 1.82) is 0 Å². The molecule has 1 unspecified atom stereocenters. The molecule has 0 spiro atoms. The Morgan fingerprint density at radius 2 is 2.28 bits per heavy atom. The van der Waals surface area contributed by atoms with Gasteiger partial charge in [0.25, 0.3) is 0 Å². The molecule has 0 aromatic heterocycles. The van der Waals surface area contributed by atoms with Crippen LogP contribution in [0.3, 0.4) is 0 Å². The number of rotatable bonds is 2. The van der Waals surface area contributed by atoms with Gasteiger partial charge in [0.2, 0.25) is 0 Å². The zero-order valence-corrected chi connectivity index (χ0v) is 10.0. The van der Waals surface area contributed by atoms with Crippen LogP contribution in [0, 0.1) is 0 Å². The number of ether oxygens (including phenoxy) is 1. The minimum atomic E-state index is -0.337. The fourth-order valence-corrected chi connectivity index (χ4v) is 2.39. The first kappa shape index (κ1) is 11.3. The SMILES string of the molecule is O=C(OC1CCc2ccccc21)C1=CCCON1. The van der Waals surface area contributed by atoms with Crippen LogP contribution in [0.25, 0.3) is 0 Å². The maximum Gasteiger partial charge on any atom is 0.356 e. The lowest BCUT2D eigenvalue weighted by molar-refractivity contribution is -0.147. The van der Waals surface area contributed by atoms with Gasteiger partial charge in [-0.2, -0.15) is 0 Å². The van der Waals surface area contributed by atoms with E-state index in [2.05, 4.69) is 11.5 Å². The third-order valence-corrected chi connectivity index (χ3v) is 3.30. The van der Waals surface area contributed by atoms with E-state index in [1.807, 2.05) is 24.3 Å². The first-order chi connectivity index (χ1) is 8.84. The van der Waals surface area contributed by atoms with E-state index in [0.29, 0.717) is 12.3 Å². The van der Waals surface area contributed by atoms with E-state index < -0.39 is 0 Å². The van der Waals surface area contributed by atoms with Gasteiger partial charge in [-0.15, -0.1) is 0 Å². The van der Waals surface area contributed by atoms with Crippen molar-refractivity contribution in [2.45, 2.75) is 25.4 Å². The molecule has 1 aromatic rings. The Morgan fingerprint density at radius 1 is 1.39 bits per heavy atom. The summed E-state index contributed by atoms with van der Waals surface area (Å²) in [6.07, 6.45) is 4.25. The molecule has 3 rings (SSSR count). The molecule has 94 valence electrons. The number of carbonyl (C=O) groups is 1. The van der Waals surface area contributed by atoms with E-state index in [-0.39, 0.29) is 12.1 Å². The molecule has 0 amide bonds. The van der Waals surface area contributed by atoms with Gasteiger partial charge in [0.05, 0.1) is 6.61 Å². The fraction of sp³-hybridized carbons (Fsp3) is 0.357. The number of carbonyl (C=O) groups excluding carboxylic acids is 1. The average Bonchev–Trinajstić information content (AvgIpc) is 2.83. The van der Waals surface area contributed by atoms with Crippen molar-refractivity contribution in [3.8, 4) is 0 Å². The molecule has 1 atom stereocenters.